The number of hydrogen-bond donors (Lipinski definition) is 1. The van der Waals surface area contributed by atoms with Gasteiger partial charge in [-0.3, -0.25) is 9.69 Å². The number of carbonyl (C=O) groups is 1. The van der Waals surface area contributed by atoms with Crippen molar-refractivity contribution in [2.45, 2.75) is 25.1 Å². The highest BCUT2D eigenvalue weighted by Crippen LogP contribution is 2.03. The molecule has 0 unspecified atom stereocenters. The highest BCUT2D eigenvalue weighted by molar-refractivity contribution is 7.92. The largest absolute Gasteiger partial charge is 0.379 e. The lowest BCUT2D eigenvalue weighted by Gasteiger charge is -2.32. The molecule has 0 saturated carbocycles. The molecule has 0 radical (unpaired) electrons. The van der Waals surface area contributed by atoms with Crippen LogP contribution in [0.15, 0.2) is 0 Å². The third-order valence-electron chi connectivity index (χ3n) is 3.25. The first-order chi connectivity index (χ1) is 8.32. The summed E-state index contributed by atoms with van der Waals surface area (Å²) in [6.45, 7) is 6.98. The van der Waals surface area contributed by atoms with Crippen molar-refractivity contribution in [3.05, 3.63) is 0 Å². The van der Waals surface area contributed by atoms with E-state index in [4.69, 9.17) is 4.74 Å². The van der Waals surface area contributed by atoms with Gasteiger partial charge in [0.25, 0.3) is 0 Å². The van der Waals surface area contributed by atoms with Gasteiger partial charge in [-0.05, 0) is 13.8 Å². The number of carbonyl (C=O) groups excluding carboxylic acids is 1. The van der Waals surface area contributed by atoms with Crippen LogP contribution in [0.1, 0.15) is 13.8 Å². The van der Waals surface area contributed by atoms with E-state index in [1.807, 2.05) is 6.92 Å². The molecular formula is C11H22N2O4S. The first-order valence-electron chi connectivity index (χ1n) is 6.10. The Labute approximate surface area is 109 Å². The maximum Gasteiger partial charge on any atom is 0.238 e. The SMILES string of the molecule is C[C@H](CNC(=O)[C@H](C)S(C)(=O)=O)N1CCOCC1. The number of sulfone groups is 1. The van der Waals surface area contributed by atoms with Crippen LogP contribution in [0.2, 0.25) is 0 Å². The van der Waals surface area contributed by atoms with Crippen LogP contribution in [0, 0.1) is 0 Å². The Balaban J connectivity index is 2.38. The molecule has 0 spiro atoms. The molecule has 0 aromatic carbocycles. The zero-order chi connectivity index (χ0) is 13.8. The lowest BCUT2D eigenvalue weighted by Crippen LogP contribution is -2.49. The summed E-state index contributed by atoms with van der Waals surface area (Å²) in [6, 6.07) is 0.185. The fraction of sp³-hybridized carbons (Fsp3) is 0.909. The van der Waals surface area contributed by atoms with Crippen LogP contribution in [0.5, 0.6) is 0 Å². The van der Waals surface area contributed by atoms with Crippen molar-refractivity contribution in [3.63, 3.8) is 0 Å². The van der Waals surface area contributed by atoms with E-state index in [0.717, 1.165) is 19.3 Å². The molecule has 6 nitrogen and oxygen atoms in total. The van der Waals surface area contributed by atoms with Gasteiger partial charge < -0.3 is 10.1 Å². The zero-order valence-corrected chi connectivity index (χ0v) is 12.0. The Morgan fingerprint density at radius 3 is 2.39 bits per heavy atom. The van der Waals surface area contributed by atoms with Gasteiger partial charge in [0.1, 0.15) is 5.25 Å². The van der Waals surface area contributed by atoms with Crippen molar-refractivity contribution >= 4 is 15.7 Å². The minimum atomic E-state index is -3.32. The molecule has 1 aliphatic rings. The Morgan fingerprint density at radius 2 is 1.89 bits per heavy atom. The number of rotatable bonds is 5. The fourth-order valence-corrected chi connectivity index (χ4v) is 2.21. The molecule has 7 heteroatoms. The molecular weight excluding hydrogens is 256 g/mol. The zero-order valence-electron chi connectivity index (χ0n) is 11.2. The summed E-state index contributed by atoms with van der Waals surface area (Å²) in [6.07, 6.45) is 1.07. The van der Waals surface area contributed by atoms with Gasteiger partial charge >= 0.3 is 0 Å². The molecule has 0 aliphatic carbocycles. The van der Waals surface area contributed by atoms with Crippen molar-refractivity contribution in [1.29, 1.82) is 0 Å². The summed E-state index contributed by atoms with van der Waals surface area (Å²) < 4.78 is 27.7. The van der Waals surface area contributed by atoms with Gasteiger partial charge in [-0.25, -0.2) is 8.42 Å². The predicted octanol–water partition coefficient (Wildman–Crippen LogP) is -0.744. The van der Waals surface area contributed by atoms with Crippen LogP contribution in [0.25, 0.3) is 0 Å². The van der Waals surface area contributed by atoms with Crippen LogP contribution in [0.3, 0.4) is 0 Å². The first-order valence-corrected chi connectivity index (χ1v) is 8.06. The number of amides is 1. The summed E-state index contributed by atoms with van der Waals surface area (Å²) in [4.78, 5) is 13.9. The number of nitrogens with one attached hydrogen (secondary N) is 1. The lowest BCUT2D eigenvalue weighted by atomic mass is 10.2. The summed E-state index contributed by atoms with van der Waals surface area (Å²) in [7, 11) is -3.32. The first kappa shape index (κ1) is 15.4. The fourth-order valence-electron chi connectivity index (χ4n) is 1.73. The van der Waals surface area contributed by atoms with Gasteiger partial charge in [0.15, 0.2) is 9.84 Å². The summed E-state index contributed by atoms with van der Waals surface area (Å²) in [5, 5.41) is 1.69. The van der Waals surface area contributed by atoms with E-state index in [9.17, 15) is 13.2 Å². The number of morpholine rings is 1. The topological polar surface area (TPSA) is 75.7 Å². The summed E-state index contributed by atoms with van der Waals surface area (Å²) in [5.74, 6) is -0.433. The molecule has 0 aromatic heterocycles. The second-order valence-corrected chi connectivity index (χ2v) is 7.08. The summed E-state index contributed by atoms with van der Waals surface area (Å²) in [5.41, 5.74) is 0. The molecule has 1 amide bonds. The smallest absolute Gasteiger partial charge is 0.238 e. The third-order valence-corrected chi connectivity index (χ3v) is 4.75. The molecule has 2 atom stereocenters. The molecule has 0 bridgehead atoms. The molecule has 1 heterocycles. The molecule has 106 valence electrons. The number of nitrogens with zero attached hydrogens (tertiary/aromatic N) is 1. The molecule has 1 N–H and O–H groups in total. The van der Waals surface area contributed by atoms with Gasteiger partial charge in [-0.2, -0.15) is 0 Å². The van der Waals surface area contributed by atoms with E-state index in [0.29, 0.717) is 19.8 Å². The standard InChI is InChI=1S/C11H22N2O4S/c1-9(13-4-6-17-7-5-13)8-12-11(14)10(2)18(3,15)16/h9-10H,4-8H2,1-3H3,(H,12,14)/t9-,10+/m1/s1. The quantitative estimate of drug-likeness (QED) is 0.716. The van der Waals surface area contributed by atoms with Crippen LogP contribution in [-0.4, -0.2) is 69.6 Å². The molecule has 18 heavy (non-hydrogen) atoms. The van der Waals surface area contributed by atoms with E-state index in [1.165, 1.54) is 6.92 Å². The van der Waals surface area contributed by atoms with Crippen molar-refractivity contribution in [2.24, 2.45) is 0 Å². The van der Waals surface area contributed by atoms with Crippen molar-refractivity contribution in [1.82, 2.24) is 10.2 Å². The highest BCUT2D eigenvalue weighted by Gasteiger charge is 2.24. The number of hydrogen-bond acceptors (Lipinski definition) is 5. The van der Waals surface area contributed by atoms with E-state index >= 15 is 0 Å². The third kappa shape index (κ3) is 4.55. The van der Waals surface area contributed by atoms with E-state index < -0.39 is 21.0 Å². The van der Waals surface area contributed by atoms with Gasteiger partial charge in [-0.15, -0.1) is 0 Å². The van der Waals surface area contributed by atoms with Crippen LogP contribution >= 0.6 is 0 Å². The van der Waals surface area contributed by atoms with Crippen LogP contribution < -0.4 is 5.32 Å². The van der Waals surface area contributed by atoms with E-state index in [2.05, 4.69) is 10.2 Å². The van der Waals surface area contributed by atoms with Crippen LogP contribution in [-0.2, 0) is 19.4 Å². The van der Waals surface area contributed by atoms with Gasteiger partial charge in [0, 0.05) is 31.9 Å². The normalized spacial score (nSPS) is 21.3. The van der Waals surface area contributed by atoms with Crippen molar-refractivity contribution in [3.8, 4) is 0 Å². The average Bonchev–Trinajstić information content (AvgIpc) is 2.34. The van der Waals surface area contributed by atoms with Crippen LogP contribution in [0.4, 0.5) is 0 Å². The van der Waals surface area contributed by atoms with Crippen molar-refractivity contribution in [2.75, 3.05) is 39.1 Å². The molecule has 0 aromatic rings. The van der Waals surface area contributed by atoms with E-state index in [-0.39, 0.29) is 6.04 Å². The second-order valence-electron chi connectivity index (χ2n) is 4.71. The second kappa shape index (κ2) is 6.49. The van der Waals surface area contributed by atoms with E-state index in [1.54, 1.807) is 0 Å². The molecule has 1 rings (SSSR count). The van der Waals surface area contributed by atoms with Gasteiger partial charge in [0.2, 0.25) is 5.91 Å². The molecule has 1 saturated heterocycles. The molecule has 1 aliphatic heterocycles. The summed E-state index contributed by atoms with van der Waals surface area (Å²) >= 11 is 0. The Bertz CT molecular complexity index is 377. The monoisotopic (exact) mass is 278 g/mol. The molecule has 1 fully saturated rings. The lowest BCUT2D eigenvalue weighted by molar-refractivity contribution is -0.120. The Morgan fingerprint density at radius 1 is 1.33 bits per heavy atom. The Hall–Kier alpha value is -0.660. The average molecular weight is 278 g/mol. The maximum atomic E-state index is 11.6. The predicted molar refractivity (Wildman–Crippen MR) is 69.2 cm³/mol. The van der Waals surface area contributed by atoms with Gasteiger partial charge in [0.05, 0.1) is 13.2 Å². The number of ether oxygens (including phenoxy) is 1. The van der Waals surface area contributed by atoms with Crippen molar-refractivity contribution < 1.29 is 17.9 Å². The minimum Gasteiger partial charge on any atom is -0.379 e. The minimum absolute atomic E-state index is 0.185. The Kier molecular flexibility index (Phi) is 5.55. The maximum absolute atomic E-state index is 11.6. The highest BCUT2D eigenvalue weighted by atomic mass is 32.2. The van der Waals surface area contributed by atoms with Gasteiger partial charge in [-0.1, -0.05) is 0 Å².